The molecule has 0 saturated carbocycles. The minimum atomic E-state index is -0.565. The predicted octanol–water partition coefficient (Wildman–Crippen LogP) is 3.88. The fraction of sp³-hybridized carbons (Fsp3) is 0.294. The van der Waals surface area contributed by atoms with Crippen LogP contribution in [-0.4, -0.2) is 19.3 Å². The van der Waals surface area contributed by atoms with Gasteiger partial charge in [-0.2, -0.15) is 0 Å². The second-order valence-electron chi connectivity index (χ2n) is 4.85. The van der Waals surface area contributed by atoms with E-state index >= 15 is 0 Å². The summed E-state index contributed by atoms with van der Waals surface area (Å²) in [5.74, 6) is 0.785. The van der Waals surface area contributed by atoms with Crippen molar-refractivity contribution in [3.63, 3.8) is 0 Å². The maximum absolute atomic E-state index is 10.4. The molecule has 0 aromatic heterocycles. The fourth-order valence-electron chi connectivity index (χ4n) is 2.24. The lowest BCUT2D eigenvalue weighted by atomic mass is 10.00. The molecule has 0 aliphatic carbocycles. The minimum absolute atomic E-state index is 0.506. The summed E-state index contributed by atoms with van der Waals surface area (Å²) in [5.41, 5.74) is 2.95. The second kappa shape index (κ2) is 7.59. The van der Waals surface area contributed by atoms with Crippen LogP contribution in [0, 0.1) is 0 Å². The molecule has 4 heteroatoms. The van der Waals surface area contributed by atoms with Gasteiger partial charge in [0.15, 0.2) is 0 Å². The molecule has 0 spiro atoms. The average Bonchev–Trinajstić information content (AvgIpc) is 2.48. The van der Waals surface area contributed by atoms with Crippen molar-refractivity contribution in [1.82, 2.24) is 0 Å². The van der Waals surface area contributed by atoms with Gasteiger partial charge in [0.2, 0.25) is 0 Å². The summed E-state index contributed by atoms with van der Waals surface area (Å²) < 4.78 is 11.4. The monoisotopic (exact) mass is 350 g/mol. The van der Waals surface area contributed by atoms with Crippen LogP contribution < -0.4 is 4.74 Å². The van der Waals surface area contributed by atoms with Crippen LogP contribution in [0.1, 0.15) is 22.8 Å². The van der Waals surface area contributed by atoms with Gasteiger partial charge in [0.1, 0.15) is 5.75 Å². The van der Waals surface area contributed by atoms with E-state index < -0.39 is 6.10 Å². The molecule has 3 nitrogen and oxygen atoms in total. The van der Waals surface area contributed by atoms with Crippen LogP contribution in [0.3, 0.4) is 0 Å². The zero-order valence-corrected chi connectivity index (χ0v) is 13.8. The van der Waals surface area contributed by atoms with Gasteiger partial charge in [0.05, 0.1) is 19.8 Å². The van der Waals surface area contributed by atoms with Gasteiger partial charge in [-0.25, -0.2) is 0 Å². The number of benzene rings is 2. The first-order valence-corrected chi connectivity index (χ1v) is 7.51. The van der Waals surface area contributed by atoms with E-state index in [4.69, 9.17) is 9.47 Å². The predicted molar refractivity (Wildman–Crippen MR) is 86.5 cm³/mol. The molecule has 1 atom stereocenters. The highest BCUT2D eigenvalue weighted by molar-refractivity contribution is 9.10. The first kappa shape index (κ1) is 16.0. The molecule has 112 valence electrons. The van der Waals surface area contributed by atoms with Crippen molar-refractivity contribution in [3.05, 3.63) is 63.6 Å². The largest absolute Gasteiger partial charge is 0.496 e. The second-order valence-corrected chi connectivity index (χ2v) is 5.77. The van der Waals surface area contributed by atoms with Gasteiger partial charge in [-0.3, -0.25) is 0 Å². The lowest BCUT2D eigenvalue weighted by Crippen LogP contribution is -2.04. The molecular weight excluding hydrogens is 332 g/mol. The molecule has 2 rings (SSSR count). The van der Waals surface area contributed by atoms with Gasteiger partial charge in [-0.15, -0.1) is 0 Å². The Kier molecular flexibility index (Phi) is 5.79. The number of aliphatic hydroxyl groups excluding tert-OH is 1. The van der Waals surface area contributed by atoms with Crippen LogP contribution in [0.25, 0.3) is 0 Å². The maximum Gasteiger partial charge on any atom is 0.122 e. The molecular formula is C17H19BrO3. The van der Waals surface area contributed by atoms with Crippen LogP contribution in [0.4, 0.5) is 0 Å². The number of hydrogen-bond acceptors (Lipinski definition) is 3. The third kappa shape index (κ3) is 4.30. The molecule has 1 N–H and O–H groups in total. The summed E-state index contributed by atoms with van der Waals surface area (Å²) in [4.78, 5) is 0. The number of hydrogen-bond donors (Lipinski definition) is 1. The topological polar surface area (TPSA) is 38.7 Å². The number of methoxy groups -OCH3 is 2. The van der Waals surface area contributed by atoms with E-state index in [1.165, 1.54) is 0 Å². The molecule has 21 heavy (non-hydrogen) atoms. The molecule has 0 radical (unpaired) electrons. The van der Waals surface area contributed by atoms with Crippen molar-refractivity contribution >= 4 is 15.9 Å². The Balaban J connectivity index is 2.13. The lowest BCUT2D eigenvalue weighted by Gasteiger charge is -2.14. The Morgan fingerprint density at radius 2 is 1.81 bits per heavy atom. The van der Waals surface area contributed by atoms with Gasteiger partial charge in [-0.1, -0.05) is 40.2 Å². The van der Waals surface area contributed by atoms with Crippen molar-refractivity contribution in [2.75, 3.05) is 14.2 Å². The van der Waals surface area contributed by atoms with Crippen LogP contribution in [0.5, 0.6) is 5.75 Å². The van der Waals surface area contributed by atoms with Crippen molar-refractivity contribution in [2.24, 2.45) is 0 Å². The van der Waals surface area contributed by atoms with Gasteiger partial charge in [0.25, 0.3) is 0 Å². The minimum Gasteiger partial charge on any atom is -0.496 e. The van der Waals surface area contributed by atoms with E-state index in [1.54, 1.807) is 14.2 Å². The fourth-order valence-corrected chi connectivity index (χ4v) is 2.64. The average molecular weight is 351 g/mol. The van der Waals surface area contributed by atoms with E-state index in [9.17, 15) is 5.11 Å². The van der Waals surface area contributed by atoms with E-state index in [2.05, 4.69) is 15.9 Å². The Bertz CT molecular complexity index is 581. The molecule has 0 fully saturated rings. The summed E-state index contributed by atoms with van der Waals surface area (Å²) in [7, 11) is 3.31. The van der Waals surface area contributed by atoms with Crippen LogP contribution in [-0.2, 0) is 17.8 Å². The first-order chi connectivity index (χ1) is 10.1. The van der Waals surface area contributed by atoms with Crippen LogP contribution in [0.15, 0.2) is 46.9 Å². The van der Waals surface area contributed by atoms with Gasteiger partial charge < -0.3 is 14.6 Å². The highest BCUT2D eigenvalue weighted by Gasteiger charge is 2.12. The molecule has 0 saturated heterocycles. The smallest absolute Gasteiger partial charge is 0.122 e. The Morgan fingerprint density at radius 3 is 2.43 bits per heavy atom. The summed E-state index contributed by atoms with van der Waals surface area (Å²) in [6.07, 6.45) is -0.0588. The summed E-state index contributed by atoms with van der Waals surface area (Å²) in [5, 5.41) is 10.4. The van der Waals surface area contributed by atoms with Crippen LogP contribution in [0.2, 0.25) is 0 Å². The lowest BCUT2D eigenvalue weighted by molar-refractivity contribution is 0.176. The van der Waals surface area contributed by atoms with Crippen molar-refractivity contribution in [2.45, 2.75) is 19.1 Å². The third-order valence-corrected chi connectivity index (χ3v) is 3.82. The van der Waals surface area contributed by atoms with Gasteiger partial charge in [0, 0.05) is 18.0 Å². The quantitative estimate of drug-likeness (QED) is 0.859. The van der Waals surface area contributed by atoms with E-state index in [1.807, 2.05) is 42.5 Å². The summed E-state index contributed by atoms with van der Waals surface area (Å²) in [6.45, 7) is 0.579. The summed E-state index contributed by atoms with van der Waals surface area (Å²) >= 11 is 3.45. The molecule has 1 unspecified atom stereocenters. The Labute approximate surface area is 133 Å². The first-order valence-electron chi connectivity index (χ1n) is 6.72. The highest BCUT2D eigenvalue weighted by Crippen LogP contribution is 2.28. The van der Waals surface area contributed by atoms with E-state index in [-0.39, 0.29) is 0 Å². The standard InChI is InChI=1S/C17H19BrO3/c1-20-11-12-3-5-13(6-4-12)16(19)10-14-9-15(18)7-8-17(14)21-2/h3-9,16,19H,10-11H2,1-2H3. The van der Waals surface area contributed by atoms with Gasteiger partial charge in [-0.05, 0) is 34.9 Å². The Hall–Kier alpha value is -1.36. The normalized spacial score (nSPS) is 12.2. The molecule has 0 bridgehead atoms. The SMILES string of the molecule is COCc1ccc(C(O)Cc2cc(Br)ccc2OC)cc1. The number of halogens is 1. The Morgan fingerprint density at radius 1 is 1.10 bits per heavy atom. The number of rotatable bonds is 6. The molecule has 0 aliphatic heterocycles. The zero-order valence-electron chi connectivity index (χ0n) is 12.2. The van der Waals surface area contributed by atoms with E-state index in [0.717, 1.165) is 26.9 Å². The van der Waals surface area contributed by atoms with E-state index in [0.29, 0.717) is 13.0 Å². The highest BCUT2D eigenvalue weighted by atomic mass is 79.9. The van der Waals surface area contributed by atoms with Crippen LogP contribution >= 0.6 is 15.9 Å². The van der Waals surface area contributed by atoms with Crippen molar-refractivity contribution in [1.29, 1.82) is 0 Å². The molecule has 0 amide bonds. The molecule has 2 aromatic rings. The summed E-state index contributed by atoms with van der Waals surface area (Å²) in [6, 6.07) is 13.6. The molecule has 2 aromatic carbocycles. The molecule has 0 heterocycles. The van der Waals surface area contributed by atoms with Gasteiger partial charge >= 0.3 is 0 Å². The van der Waals surface area contributed by atoms with Crippen molar-refractivity contribution < 1.29 is 14.6 Å². The third-order valence-electron chi connectivity index (χ3n) is 3.33. The molecule has 0 aliphatic rings. The maximum atomic E-state index is 10.4. The number of ether oxygens (including phenoxy) is 2. The zero-order chi connectivity index (χ0) is 15.2. The van der Waals surface area contributed by atoms with Crippen molar-refractivity contribution in [3.8, 4) is 5.75 Å². The number of aliphatic hydroxyl groups is 1.